The molecule has 1 saturated heterocycles. The van der Waals surface area contributed by atoms with Crippen LogP contribution in [0, 0.1) is 12.3 Å². The average molecular weight is 594 g/mol. The maximum atomic E-state index is 13.0. The Morgan fingerprint density at radius 1 is 1.44 bits per heavy atom. The first-order valence-electron chi connectivity index (χ1n) is 10.8. The topological polar surface area (TPSA) is 217 Å². The molecule has 4 rings (SSSR count). The van der Waals surface area contributed by atoms with E-state index in [1.165, 1.54) is 28.9 Å². The smallest absolute Gasteiger partial charge is 0.352 e. The van der Waals surface area contributed by atoms with E-state index in [9.17, 15) is 24.3 Å². The van der Waals surface area contributed by atoms with Gasteiger partial charge in [0, 0.05) is 16.9 Å². The maximum absolute atomic E-state index is 13.0. The number of amides is 2. The standard InChI is InChI=1S/C20H19N9O7S3/c1-3-4-36-25-12(10-8-38-19(21)22-10)15(31)23-13-16(32)29-14(18(33)34)9(6-37-17(13)29)7-39-20-24-26-27-28(20)5-11(30)35-2/h1,8,13,17H,4-7H2,2H3,(H2,21,22)(H,23,31)(H,33,34)/t13?,17-/m0/s1. The molecule has 16 nitrogen and oxygen atoms in total. The summed E-state index contributed by atoms with van der Waals surface area (Å²) in [7, 11) is 1.23. The molecule has 204 valence electrons. The highest BCUT2D eigenvalue weighted by Gasteiger charge is 2.54. The molecule has 2 atom stereocenters. The summed E-state index contributed by atoms with van der Waals surface area (Å²) in [5.74, 6) is -0.632. The number of aromatic nitrogens is 5. The lowest BCUT2D eigenvalue weighted by Crippen LogP contribution is -2.71. The van der Waals surface area contributed by atoms with Crippen molar-refractivity contribution in [2.75, 3.05) is 31.0 Å². The van der Waals surface area contributed by atoms with Crippen molar-refractivity contribution >= 4 is 69.5 Å². The minimum Gasteiger partial charge on any atom is -0.477 e. The van der Waals surface area contributed by atoms with Gasteiger partial charge in [-0.05, 0) is 16.0 Å². The summed E-state index contributed by atoms with van der Waals surface area (Å²) >= 11 is 3.46. The van der Waals surface area contributed by atoms with Crippen molar-refractivity contribution in [2.45, 2.75) is 23.1 Å². The molecule has 1 fully saturated rings. The Bertz CT molecular complexity index is 1410. The van der Waals surface area contributed by atoms with Crippen LogP contribution >= 0.6 is 34.9 Å². The number of carboxylic acids is 1. The summed E-state index contributed by atoms with van der Waals surface area (Å²) in [5.41, 5.74) is 5.81. The summed E-state index contributed by atoms with van der Waals surface area (Å²) in [4.78, 5) is 59.8. The number of carboxylic acid groups (broad SMARTS) is 1. The number of anilines is 1. The fraction of sp³-hybridized carbons (Fsp3) is 0.350. The normalized spacial score (nSPS) is 18.6. The number of hydrogen-bond acceptors (Lipinski definition) is 15. The SMILES string of the molecule is C#CCON=C(C(=O)NC1C(=O)N2C(C(=O)O)=C(CSc3nnnn3CC(=O)OC)CS[C@@H]12)c1csc(N)n1. The number of thiazole rings is 1. The van der Waals surface area contributed by atoms with Crippen LogP contribution < -0.4 is 11.1 Å². The Morgan fingerprint density at radius 3 is 2.90 bits per heavy atom. The number of rotatable bonds is 11. The molecular weight excluding hydrogens is 574 g/mol. The van der Waals surface area contributed by atoms with Crippen molar-refractivity contribution in [1.82, 2.24) is 35.4 Å². The third-order valence-electron chi connectivity index (χ3n) is 5.20. The van der Waals surface area contributed by atoms with Crippen LogP contribution in [0.15, 0.2) is 27.0 Å². The van der Waals surface area contributed by atoms with Gasteiger partial charge in [-0.25, -0.2) is 14.5 Å². The van der Waals surface area contributed by atoms with E-state index >= 15 is 0 Å². The number of nitrogens with zero attached hydrogens (tertiary/aromatic N) is 7. The van der Waals surface area contributed by atoms with Gasteiger partial charge >= 0.3 is 11.9 Å². The molecule has 0 saturated carbocycles. The number of thioether (sulfide) groups is 2. The molecule has 4 heterocycles. The van der Waals surface area contributed by atoms with Crippen molar-refractivity contribution in [2.24, 2.45) is 5.16 Å². The number of terminal acetylenes is 1. The molecule has 19 heteroatoms. The molecule has 1 unspecified atom stereocenters. The lowest BCUT2D eigenvalue weighted by atomic mass is 10.0. The zero-order valence-corrected chi connectivity index (χ0v) is 22.4. The molecule has 4 N–H and O–H groups in total. The van der Waals surface area contributed by atoms with Crippen molar-refractivity contribution in [3.8, 4) is 12.3 Å². The highest BCUT2D eigenvalue weighted by molar-refractivity contribution is 8.01. The van der Waals surface area contributed by atoms with Crippen LogP contribution in [0.2, 0.25) is 0 Å². The largest absolute Gasteiger partial charge is 0.477 e. The molecule has 0 spiro atoms. The van der Waals surface area contributed by atoms with E-state index in [2.05, 4.69) is 41.6 Å². The second kappa shape index (κ2) is 12.1. The number of methoxy groups -OCH3 is 1. The average Bonchev–Trinajstić information content (AvgIpc) is 3.55. The van der Waals surface area contributed by atoms with Crippen LogP contribution in [0.4, 0.5) is 5.13 Å². The third kappa shape index (κ3) is 5.97. The van der Waals surface area contributed by atoms with Gasteiger partial charge in [-0.2, -0.15) is 0 Å². The van der Waals surface area contributed by atoms with Crippen LogP contribution in [0.5, 0.6) is 0 Å². The number of fused-ring (bicyclic) bond motifs is 1. The number of ether oxygens (including phenoxy) is 1. The number of aliphatic carboxylic acids is 1. The van der Waals surface area contributed by atoms with Crippen LogP contribution in [-0.4, -0.2) is 101 Å². The van der Waals surface area contributed by atoms with E-state index in [4.69, 9.17) is 17.0 Å². The molecule has 2 amide bonds. The van der Waals surface area contributed by atoms with Crippen molar-refractivity contribution in [3.63, 3.8) is 0 Å². The van der Waals surface area contributed by atoms with Gasteiger partial charge in [-0.15, -0.1) is 34.6 Å². The quantitative estimate of drug-likeness (QED) is 0.0529. The van der Waals surface area contributed by atoms with Crippen molar-refractivity contribution in [1.29, 1.82) is 0 Å². The van der Waals surface area contributed by atoms with Gasteiger partial charge in [-0.1, -0.05) is 22.8 Å². The molecule has 2 aliphatic rings. The summed E-state index contributed by atoms with van der Waals surface area (Å²) in [5, 5.41) is 28.6. The Hall–Kier alpha value is -4.15. The molecule has 39 heavy (non-hydrogen) atoms. The molecule has 2 aliphatic heterocycles. The fourth-order valence-electron chi connectivity index (χ4n) is 3.48. The molecule has 2 aromatic rings. The van der Waals surface area contributed by atoms with Gasteiger partial charge in [0.15, 0.2) is 17.5 Å². The minimum atomic E-state index is -1.30. The second-order valence-corrected chi connectivity index (χ2v) is 10.5. The number of carbonyl (C=O) groups is 4. The van der Waals surface area contributed by atoms with Gasteiger partial charge < -0.3 is 25.7 Å². The van der Waals surface area contributed by atoms with E-state index in [-0.39, 0.29) is 52.0 Å². The summed E-state index contributed by atoms with van der Waals surface area (Å²) in [6.45, 7) is -0.417. The lowest BCUT2D eigenvalue weighted by Gasteiger charge is -2.49. The van der Waals surface area contributed by atoms with E-state index < -0.39 is 35.2 Å². The first kappa shape index (κ1) is 27.9. The van der Waals surface area contributed by atoms with Crippen molar-refractivity contribution < 1.29 is 33.9 Å². The second-order valence-electron chi connectivity index (χ2n) is 7.59. The molecule has 2 aromatic heterocycles. The number of nitrogens with one attached hydrogen (secondary N) is 1. The third-order valence-corrected chi connectivity index (χ3v) is 8.26. The van der Waals surface area contributed by atoms with E-state index in [1.807, 2.05) is 0 Å². The van der Waals surface area contributed by atoms with E-state index in [0.717, 1.165) is 28.0 Å². The van der Waals surface area contributed by atoms with Crippen LogP contribution in [-0.2, 0) is 35.3 Å². The van der Waals surface area contributed by atoms with Crippen LogP contribution in [0.1, 0.15) is 5.69 Å². The molecule has 0 aromatic carbocycles. The number of hydrogen-bond donors (Lipinski definition) is 3. The number of oxime groups is 1. The zero-order valence-electron chi connectivity index (χ0n) is 20.0. The predicted molar refractivity (Wildman–Crippen MR) is 138 cm³/mol. The summed E-state index contributed by atoms with van der Waals surface area (Å²) in [6, 6.07) is -1.02. The highest BCUT2D eigenvalue weighted by Crippen LogP contribution is 2.41. The van der Waals surface area contributed by atoms with Gasteiger partial charge in [0.2, 0.25) is 5.16 Å². The van der Waals surface area contributed by atoms with E-state index in [0.29, 0.717) is 5.57 Å². The summed E-state index contributed by atoms with van der Waals surface area (Å²) in [6.07, 6.45) is 5.15. The van der Waals surface area contributed by atoms with Gasteiger partial charge in [0.1, 0.15) is 29.4 Å². The lowest BCUT2D eigenvalue weighted by molar-refractivity contribution is -0.150. The van der Waals surface area contributed by atoms with Gasteiger partial charge in [-0.3, -0.25) is 19.3 Å². The molecular formula is C20H19N9O7S3. The maximum Gasteiger partial charge on any atom is 0.352 e. The predicted octanol–water partition coefficient (Wildman–Crippen LogP) is -1.23. The van der Waals surface area contributed by atoms with Crippen LogP contribution in [0.25, 0.3) is 0 Å². The molecule has 0 radical (unpaired) electrons. The number of nitrogen functional groups attached to an aromatic ring is 1. The number of carbonyl (C=O) groups excluding carboxylic acids is 3. The Kier molecular flexibility index (Phi) is 8.68. The van der Waals surface area contributed by atoms with Gasteiger partial charge in [0.05, 0.1) is 7.11 Å². The number of tetrazole rings is 1. The minimum absolute atomic E-state index is 0.131. The summed E-state index contributed by atoms with van der Waals surface area (Å²) < 4.78 is 5.83. The van der Waals surface area contributed by atoms with Gasteiger partial charge in [0.25, 0.3) is 11.8 Å². The van der Waals surface area contributed by atoms with Crippen molar-refractivity contribution in [3.05, 3.63) is 22.3 Å². The first-order chi connectivity index (χ1) is 18.7. The number of β-lactam (4-membered cyclic amide) rings is 1. The van der Waals surface area contributed by atoms with E-state index in [1.54, 1.807) is 0 Å². The monoisotopic (exact) mass is 593 g/mol. The number of esters is 1. The molecule has 0 bridgehead atoms. The first-order valence-corrected chi connectivity index (χ1v) is 13.7. The Balaban J connectivity index is 1.47. The highest BCUT2D eigenvalue weighted by atomic mass is 32.2. The number of nitrogens with two attached hydrogens (primary N) is 1. The zero-order chi connectivity index (χ0) is 28.1. The van der Waals surface area contributed by atoms with Crippen LogP contribution in [0.3, 0.4) is 0 Å². The molecule has 0 aliphatic carbocycles. The Labute approximate surface area is 232 Å². The fourth-order valence-corrected chi connectivity index (χ4v) is 6.39. The Morgan fingerprint density at radius 2 is 2.23 bits per heavy atom.